The van der Waals surface area contributed by atoms with Gasteiger partial charge in [-0.1, -0.05) is 94.2 Å². The molecule has 184 valence electrons. The van der Waals surface area contributed by atoms with Crippen molar-refractivity contribution in [3.8, 4) is 0 Å². The molecule has 8 heteroatoms. The summed E-state index contributed by atoms with van der Waals surface area (Å²) in [6, 6.07) is 14.6. The predicted octanol–water partition coefficient (Wildman–Crippen LogP) is 5.39. The van der Waals surface area contributed by atoms with E-state index in [4.69, 9.17) is 19.6 Å². The molecule has 0 aromatic heterocycles. The van der Waals surface area contributed by atoms with E-state index in [1.54, 1.807) is 24.3 Å². The van der Waals surface area contributed by atoms with E-state index in [0.717, 1.165) is 0 Å². The van der Waals surface area contributed by atoms with Gasteiger partial charge < -0.3 is 0 Å². The number of hydrogen-bond donors (Lipinski definition) is 0. The molecule has 0 saturated heterocycles. The van der Waals surface area contributed by atoms with Crippen molar-refractivity contribution in [2.45, 2.75) is 59.0 Å². The largest absolute Gasteiger partial charge is 0.373 e. The Morgan fingerprint density at radius 2 is 1.06 bits per heavy atom. The van der Waals surface area contributed by atoms with E-state index in [1.807, 2.05) is 31.2 Å². The Morgan fingerprint density at radius 1 is 0.706 bits per heavy atom. The molecular formula is C26H36O6Si2. The Bertz CT molecular complexity index is 870. The van der Waals surface area contributed by atoms with Crippen LogP contribution in [0, 0.1) is 19.1 Å². The van der Waals surface area contributed by atoms with Gasteiger partial charge in [-0.05, 0) is 30.2 Å². The zero-order chi connectivity index (χ0) is 25.5. The van der Waals surface area contributed by atoms with Crippen molar-refractivity contribution < 1.29 is 29.1 Å². The lowest BCUT2D eigenvalue weighted by molar-refractivity contribution is -0.365. The van der Waals surface area contributed by atoms with Crippen LogP contribution in [-0.4, -0.2) is 28.1 Å². The molecular weight excluding hydrogens is 464 g/mol. The minimum Gasteiger partial charge on any atom is -0.289 e. The molecule has 0 bridgehead atoms. The maximum Gasteiger partial charge on any atom is 0.373 e. The highest BCUT2D eigenvalue weighted by atomic mass is 28.3. The van der Waals surface area contributed by atoms with Crippen LogP contribution in [-0.2, 0) is 19.6 Å². The number of carbonyl (C=O) groups is 2. The van der Waals surface area contributed by atoms with Gasteiger partial charge in [0, 0.05) is 6.42 Å². The molecule has 0 N–H and O–H groups in total. The van der Waals surface area contributed by atoms with Crippen molar-refractivity contribution in [3.63, 3.8) is 0 Å². The highest BCUT2D eigenvalue weighted by Crippen LogP contribution is 2.21. The Balaban J connectivity index is 1.98. The Kier molecular flexibility index (Phi) is 9.81. The van der Waals surface area contributed by atoms with Gasteiger partial charge in [0.2, 0.25) is 0 Å². The number of rotatable bonds is 11. The second-order valence-electron chi connectivity index (χ2n) is 10.5. The van der Waals surface area contributed by atoms with Gasteiger partial charge in [0.05, 0.1) is 27.3 Å². The first-order valence-corrected chi connectivity index (χ1v) is 18.4. The topological polar surface area (TPSA) is 71.1 Å². The number of hydrogen-bond acceptors (Lipinski definition) is 6. The summed E-state index contributed by atoms with van der Waals surface area (Å²) >= 11 is 0. The van der Waals surface area contributed by atoms with E-state index in [9.17, 15) is 9.59 Å². The second-order valence-corrected chi connectivity index (χ2v) is 20.7. The molecule has 2 rings (SSSR count). The highest BCUT2D eigenvalue weighted by molar-refractivity contribution is 6.89. The summed E-state index contributed by atoms with van der Waals surface area (Å²) < 4.78 is 0. The van der Waals surface area contributed by atoms with Crippen molar-refractivity contribution in [2.75, 3.05) is 0 Å². The lowest BCUT2D eigenvalue weighted by Gasteiger charge is -2.18. The van der Waals surface area contributed by atoms with E-state index in [2.05, 4.69) is 46.2 Å². The van der Waals surface area contributed by atoms with Crippen molar-refractivity contribution in [1.29, 1.82) is 0 Å². The van der Waals surface area contributed by atoms with E-state index in [-0.39, 0.29) is 18.6 Å². The molecule has 1 unspecified atom stereocenters. The summed E-state index contributed by atoms with van der Waals surface area (Å²) in [7, 11) is -2.94. The standard InChI is InChI=1S/C26H36O6Si2/c1-9-19(2)18-24(29-31-25(27)20-10-14-22(15-11-20)33(3,4)5)30-32-26(28)21-12-16-23(17-13-21)34(6,7)8/h10-17,19H,1,9,18H2,2-8H3. The zero-order valence-corrected chi connectivity index (χ0v) is 23.3. The van der Waals surface area contributed by atoms with Crippen LogP contribution in [0.5, 0.6) is 0 Å². The molecule has 0 saturated carbocycles. The smallest absolute Gasteiger partial charge is 0.289 e. The first kappa shape index (κ1) is 28.0. The molecule has 0 aliphatic carbocycles. The summed E-state index contributed by atoms with van der Waals surface area (Å²) in [4.78, 5) is 45.0. The third-order valence-electron chi connectivity index (χ3n) is 5.40. The molecule has 1 atom stereocenters. The molecule has 0 heterocycles. The molecule has 6 nitrogen and oxygen atoms in total. The van der Waals surface area contributed by atoms with Crippen LogP contribution >= 0.6 is 0 Å². The fraction of sp³-hybridized carbons (Fsp3) is 0.385. The van der Waals surface area contributed by atoms with Crippen LogP contribution in [0.3, 0.4) is 0 Å². The Hall–Kier alpha value is -2.27. The van der Waals surface area contributed by atoms with Gasteiger partial charge in [-0.25, -0.2) is 9.59 Å². The summed E-state index contributed by atoms with van der Waals surface area (Å²) in [5, 5.41) is 2.46. The highest BCUT2D eigenvalue weighted by Gasteiger charge is 2.25. The number of benzene rings is 2. The van der Waals surface area contributed by atoms with Crippen molar-refractivity contribution >= 4 is 38.5 Å². The van der Waals surface area contributed by atoms with Crippen LogP contribution in [0.4, 0.5) is 0 Å². The normalized spacial score (nSPS) is 13.0. The molecule has 0 amide bonds. The first-order chi connectivity index (χ1) is 15.8. The summed E-state index contributed by atoms with van der Waals surface area (Å²) in [6.07, 6.45) is 0.706. The van der Waals surface area contributed by atoms with Crippen molar-refractivity contribution in [1.82, 2.24) is 0 Å². The molecule has 0 fully saturated rings. The summed E-state index contributed by atoms with van der Waals surface area (Å²) in [5.74, 6) is -1.28. The molecule has 2 aromatic carbocycles. The molecule has 2 aromatic rings. The maximum absolute atomic E-state index is 12.4. The molecule has 0 spiro atoms. The Labute approximate surface area is 205 Å². The minimum absolute atomic E-state index is 0.0551. The third kappa shape index (κ3) is 8.50. The van der Waals surface area contributed by atoms with Crippen LogP contribution in [0.15, 0.2) is 48.5 Å². The molecule has 34 heavy (non-hydrogen) atoms. The zero-order valence-electron chi connectivity index (χ0n) is 21.3. The lowest BCUT2D eigenvalue weighted by atomic mass is 10.1. The van der Waals surface area contributed by atoms with Crippen LogP contribution in [0.25, 0.3) is 0 Å². The first-order valence-electron chi connectivity index (χ1n) is 11.4. The van der Waals surface area contributed by atoms with E-state index >= 15 is 0 Å². The van der Waals surface area contributed by atoms with Gasteiger partial charge in [0.15, 0.2) is 0 Å². The average molecular weight is 501 g/mol. The third-order valence-corrected chi connectivity index (χ3v) is 9.53. The van der Waals surface area contributed by atoms with Crippen molar-refractivity contribution in [2.24, 2.45) is 5.92 Å². The molecule has 2 radical (unpaired) electrons. The second kappa shape index (κ2) is 11.9. The quantitative estimate of drug-likeness (QED) is 0.234. The van der Waals surface area contributed by atoms with Crippen LogP contribution in [0.1, 0.15) is 40.5 Å². The average Bonchev–Trinajstić information content (AvgIpc) is 2.79. The van der Waals surface area contributed by atoms with Gasteiger partial charge in [0.25, 0.3) is 0 Å². The lowest BCUT2D eigenvalue weighted by Crippen LogP contribution is -2.37. The van der Waals surface area contributed by atoms with E-state index in [0.29, 0.717) is 17.5 Å². The fourth-order valence-corrected chi connectivity index (χ4v) is 5.28. The van der Waals surface area contributed by atoms with E-state index in [1.165, 1.54) is 10.4 Å². The van der Waals surface area contributed by atoms with Gasteiger partial charge in [-0.15, -0.1) is 9.78 Å². The number of carbonyl (C=O) groups excluding carboxylic acids is 2. The minimum atomic E-state index is -1.47. The van der Waals surface area contributed by atoms with Gasteiger partial charge in [0.1, 0.15) is 0 Å². The van der Waals surface area contributed by atoms with Gasteiger partial charge in [-0.2, -0.15) is 0 Å². The monoisotopic (exact) mass is 500 g/mol. The van der Waals surface area contributed by atoms with Gasteiger partial charge >= 0.3 is 18.2 Å². The summed E-state index contributed by atoms with van der Waals surface area (Å²) in [6.45, 7) is 19.2. The van der Waals surface area contributed by atoms with E-state index < -0.39 is 28.1 Å². The summed E-state index contributed by atoms with van der Waals surface area (Å²) in [5.41, 5.74) is 0.706. The van der Waals surface area contributed by atoms with Crippen LogP contribution in [0.2, 0.25) is 39.3 Å². The SMILES string of the molecule is [CH2]CC(C)C[C](OOC(=O)c1ccc([Si](C)(C)C)cc1)OOC(=O)c1ccc([Si](C)(C)C)cc1. The van der Waals surface area contributed by atoms with Gasteiger partial charge in [-0.3, -0.25) is 9.78 Å². The maximum atomic E-state index is 12.4. The fourth-order valence-electron chi connectivity index (χ4n) is 2.95. The molecule has 0 aliphatic rings. The Morgan fingerprint density at radius 3 is 1.35 bits per heavy atom. The van der Waals surface area contributed by atoms with Crippen molar-refractivity contribution in [3.05, 3.63) is 72.9 Å². The van der Waals surface area contributed by atoms with Crippen LogP contribution < -0.4 is 10.4 Å². The predicted molar refractivity (Wildman–Crippen MR) is 139 cm³/mol. The molecule has 0 aliphatic heterocycles.